The van der Waals surface area contributed by atoms with Crippen molar-refractivity contribution in [3.05, 3.63) is 65.4 Å². The Bertz CT molecular complexity index is 1030. The molecule has 0 saturated heterocycles. The van der Waals surface area contributed by atoms with E-state index in [0.29, 0.717) is 24.3 Å². The summed E-state index contributed by atoms with van der Waals surface area (Å²) in [7, 11) is 0. The van der Waals surface area contributed by atoms with Gasteiger partial charge in [0.2, 0.25) is 11.8 Å². The molecule has 8 nitrogen and oxygen atoms in total. The van der Waals surface area contributed by atoms with Crippen LogP contribution in [0.2, 0.25) is 0 Å². The second-order valence-corrected chi connectivity index (χ2v) is 5.90. The van der Waals surface area contributed by atoms with E-state index < -0.39 is 29.0 Å². The molecule has 0 atom stereocenters. The molecule has 2 aromatic carbocycles. The SMILES string of the molecule is NCCNC(=O)c1ccc(Nc2oc(-c3c(F)cccc3F)nc2C(N)=O)cc1. The molecule has 29 heavy (non-hydrogen) atoms. The van der Waals surface area contributed by atoms with Crippen LogP contribution in [0.5, 0.6) is 0 Å². The number of carbonyl (C=O) groups is 2. The van der Waals surface area contributed by atoms with Gasteiger partial charge in [-0.3, -0.25) is 9.59 Å². The second kappa shape index (κ2) is 8.48. The number of rotatable bonds is 7. The Morgan fingerprint density at radius 1 is 1.07 bits per heavy atom. The van der Waals surface area contributed by atoms with Crippen molar-refractivity contribution in [2.24, 2.45) is 11.5 Å². The van der Waals surface area contributed by atoms with Crippen LogP contribution in [0.1, 0.15) is 20.8 Å². The Kier molecular flexibility index (Phi) is 5.84. The van der Waals surface area contributed by atoms with E-state index in [1.165, 1.54) is 18.2 Å². The van der Waals surface area contributed by atoms with Crippen molar-refractivity contribution in [2.75, 3.05) is 18.4 Å². The number of hydrogen-bond donors (Lipinski definition) is 4. The number of nitrogens with two attached hydrogens (primary N) is 2. The summed E-state index contributed by atoms with van der Waals surface area (Å²) in [5.41, 5.74) is 10.6. The highest BCUT2D eigenvalue weighted by Crippen LogP contribution is 2.31. The molecule has 1 heterocycles. The third-order valence-electron chi connectivity index (χ3n) is 3.87. The molecule has 0 radical (unpaired) electrons. The van der Waals surface area contributed by atoms with E-state index in [9.17, 15) is 18.4 Å². The number of aromatic nitrogens is 1. The number of primary amides is 1. The zero-order valence-corrected chi connectivity index (χ0v) is 15.0. The van der Waals surface area contributed by atoms with Gasteiger partial charge in [-0.05, 0) is 36.4 Å². The summed E-state index contributed by atoms with van der Waals surface area (Å²) < 4.78 is 33.3. The van der Waals surface area contributed by atoms with Crippen LogP contribution in [0.4, 0.5) is 20.4 Å². The zero-order chi connectivity index (χ0) is 21.0. The number of anilines is 2. The predicted molar refractivity (Wildman–Crippen MR) is 101 cm³/mol. The predicted octanol–water partition coefficient (Wildman–Crippen LogP) is 2.15. The lowest BCUT2D eigenvalue weighted by Gasteiger charge is -2.06. The van der Waals surface area contributed by atoms with Crippen LogP contribution in [0, 0.1) is 11.6 Å². The highest BCUT2D eigenvalue weighted by atomic mass is 19.1. The fourth-order valence-corrected chi connectivity index (χ4v) is 2.50. The average Bonchev–Trinajstić information content (AvgIpc) is 3.10. The number of hydrogen-bond acceptors (Lipinski definition) is 6. The fraction of sp³-hybridized carbons (Fsp3) is 0.105. The number of carbonyl (C=O) groups excluding carboxylic acids is 2. The van der Waals surface area contributed by atoms with Gasteiger partial charge in [-0.1, -0.05) is 6.07 Å². The highest BCUT2D eigenvalue weighted by Gasteiger charge is 2.23. The summed E-state index contributed by atoms with van der Waals surface area (Å²) in [6.45, 7) is 0.659. The highest BCUT2D eigenvalue weighted by molar-refractivity contribution is 5.97. The van der Waals surface area contributed by atoms with E-state index in [1.54, 1.807) is 12.1 Å². The van der Waals surface area contributed by atoms with E-state index in [-0.39, 0.29) is 17.5 Å². The van der Waals surface area contributed by atoms with Crippen LogP contribution >= 0.6 is 0 Å². The lowest BCUT2D eigenvalue weighted by atomic mass is 10.2. The Labute approximate surface area is 163 Å². The van der Waals surface area contributed by atoms with Crippen LogP contribution < -0.4 is 22.1 Å². The average molecular weight is 401 g/mol. The number of benzene rings is 2. The van der Waals surface area contributed by atoms with E-state index in [0.717, 1.165) is 12.1 Å². The van der Waals surface area contributed by atoms with Gasteiger partial charge >= 0.3 is 0 Å². The monoisotopic (exact) mass is 401 g/mol. The molecule has 0 aliphatic rings. The second-order valence-electron chi connectivity index (χ2n) is 5.90. The van der Waals surface area contributed by atoms with Crippen LogP contribution in [0.25, 0.3) is 11.5 Å². The van der Waals surface area contributed by atoms with Gasteiger partial charge in [-0.15, -0.1) is 0 Å². The molecule has 2 amide bonds. The summed E-state index contributed by atoms with van der Waals surface area (Å²) in [6.07, 6.45) is 0. The zero-order valence-electron chi connectivity index (χ0n) is 15.0. The summed E-state index contributed by atoms with van der Waals surface area (Å²) in [4.78, 5) is 27.4. The van der Waals surface area contributed by atoms with Crippen molar-refractivity contribution in [3.8, 4) is 11.5 Å². The minimum atomic E-state index is -0.947. The molecule has 0 unspecified atom stereocenters. The number of amides is 2. The first-order valence-corrected chi connectivity index (χ1v) is 8.51. The molecule has 6 N–H and O–H groups in total. The first kappa shape index (κ1) is 20.0. The van der Waals surface area contributed by atoms with Gasteiger partial charge in [-0.2, -0.15) is 0 Å². The lowest BCUT2D eigenvalue weighted by molar-refractivity contribution is 0.0953. The summed E-state index contributed by atoms with van der Waals surface area (Å²) in [5.74, 6) is -3.66. The van der Waals surface area contributed by atoms with Crippen LogP contribution in [0.3, 0.4) is 0 Å². The third-order valence-corrected chi connectivity index (χ3v) is 3.87. The normalized spacial score (nSPS) is 10.6. The van der Waals surface area contributed by atoms with Crippen molar-refractivity contribution in [1.29, 1.82) is 0 Å². The minimum Gasteiger partial charge on any atom is -0.419 e. The first-order chi connectivity index (χ1) is 13.9. The van der Waals surface area contributed by atoms with Crippen molar-refractivity contribution in [2.45, 2.75) is 0 Å². The topological polar surface area (TPSA) is 136 Å². The molecule has 0 fully saturated rings. The number of nitrogens with one attached hydrogen (secondary N) is 2. The maximum absolute atomic E-state index is 14.0. The van der Waals surface area contributed by atoms with Gasteiger partial charge < -0.3 is 26.5 Å². The fourth-order valence-electron chi connectivity index (χ4n) is 2.50. The number of nitrogens with zero attached hydrogens (tertiary/aromatic N) is 1. The van der Waals surface area contributed by atoms with Crippen LogP contribution in [-0.4, -0.2) is 29.9 Å². The Hall–Kier alpha value is -3.79. The standard InChI is InChI=1S/C19H17F2N5O3/c20-12-2-1-3-13(21)14(12)18-26-15(16(23)27)19(29-18)25-11-6-4-10(5-7-11)17(28)24-9-8-22/h1-7,25H,8-9,22H2,(H2,23,27)(H,24,28). The molecule has 0 saturated carbocycles. The van der Waals surface area contributed by atoms with E-state index >= 15 is 0 Å². The summed E-state index contributed by atoms with van der Waals surface area (Å²) >= 11 is 0. The van der Waals surface area contributed by atoms with Crippen molar-refractivity contribution in [1.82, 2.24) is 10.3 Å². The molecule has 3 aromatic rings. The molecule has 0 aliphatic carbocycles. The first-order valence-electron chi connectivity index (χ1n) is 8.51. The number of halogens is 2. The van der Waals surface area contributed by atoms with Crippen LogP contribution in [0.15, 0.2) is 46.9 Å². The van der Waals surface area contributed by atoms with Gasteiger partial charge in [0.1, 0.15) is 17.2 Å². The Morgan fingerprint density at radius 2 is 1.72 bits per heavy atom. The molecule has 0 bridgehead atoms. The van der Waals surface area contributed by atoms with Crippen molar-refractivity contribution in [3.63, 3.8) is 0 Å². The van der Waals surface area contributed by atoms with Gasteiger partial charge in [0, 0.05) is 24.3 Å². The largest absolute Gasteiger partial charge is 0.419 e. The molecule has 0 aliphatic heterocycles. The van der Waals surface area contributed by atoms with E-state index in [2.05, 4.69) is 15.6 Å². The lowest BCUT2D eigenvalue weighted by Crippen LogP contribution is -2.28. The van der Waals surface area contributed by atoms with Gasteiger partial charge in [0.05, 0.1) is 0 Å². The summed E-state index contributed by atoms with van der Waals surface area (Å²) in [5, 5.41) is 5.39. The maximum atomic E-state index is 14.0. The van der Waals surface area contributed by atoms with Gasteiger partial charge in [0.25, 0.3) is 11.8 Å². The summed E-state index contributed by atoms with van der Waals surface area (Å²) in [6, 6.07) is 9.43. The van der Waals surface area contributed by atoms with Crippen molar-refractivity contribution >= 4 is 23.4 Å². The number of oxazole rings is 1. The maximum Gasteiger partial charge on any atom is 0.273 e. The smallest absolute Gasteiger partial charge is 0.273 e. The Morgan fingerprint density at radius 3 is 2.31 bits per heavy atom. The Balaban J connectivity index is 1.88. The van der Waals surface area contributed by atoms with Crippen LogP contribution in [-0.2, 0) is 0 Å². The molecular weight excluding hydrogens is 384 g/mol. The van der Waals surface area contributed by atoms with E-state index in [4.69, 9.17) is 15.9 Å². The van der Waals surface area contributed by atoms with Crippen molar-refractivity contribution < 1.29 is 22.8 Å². The molecular formula is C19H17F2N5O3. The molecule has 10 heteroatoms. The minimum absolute atomic E-state index is 0.185. The van der Waals surface area contributed by atoms with E-state index in [1.807, 2.05) is 0 Å². The van der Waals surface area contributed by atoms with Gasteiger partial charge in [-0.25, -0.2) is 13.8 Å². The molecule has 3 rings (SSSR count). The third kappa shape index (κ3) is 4.38. The molecule has 0 spiro atoms. The quantitative estimate of drug-likeness (QED) is 0.479. The molecule has 1 aromatic heterocycles. The van der Waals surface area contributed by atoms with Gasteiger partial charge in [0.15, 0.2) is 5.69 Å². The molecule has 150 valence electrons.